The maximum Gasteiger partial charge on any atom is 0.0946 e. The zero-order chi connectivity index (χ0) is 13.0. The third-order valence-electron chi connectivity index (χ3n) is 3.63. The fourth-order valence-corrected chi connectivity index (χ4v) is 3.55. The first kappa shape index (κ1) is 14.0. The Morgan fingerprint density at radius 2 is 2.33 bits per heavy atom. The van der Waals surface area contributed by atoms with Crippen molar-refractivity contribution in [1.82, 2.24) is 10.3 Å². The van der Waals surface area contributed by atoms with Gasteiger partial charge in [0.15, 0.2) is 0 Å². The van der Waals surface area contributed by atoms with E-state index in [2.05, 4.69) is 31.1 Å². The van der Waals surface area contributed by atoms with Crippen molar-refractivity contribution >= 4 is 11.3 Å². The molecule has 2 unspecified atom stereocenters. The molecule has 102 valence electrons. The summed E-state index contributed by atoms with van der Waals surface area (Å²) in [6, 6.07) is 0.548. The number of thiazole rings is 1. The quantitative estimate of drug-likeness (QED) is 0.861. The van der Waals surface area contributed by atoms with Crippen LogP contribution in [0.5, 0.6) is 0 Å². The molecule has 0 spiro atoms. The topological polar surface area (TPSA) is 34.2 Å². The maximum atomic E-state index is 5.47. The van der Waals surface area contributed by atoms with Gasteiger partial charge in [-0.15, -0.1) is 11.3 Å². The van der Waals surface area contributed by atoms with E-state index in [9.17, 15) is 0 Å². The van der Waals surface area contributed by atoms with E-state index in [1.807, 2.05) is 11.3 Å². The zero-order valence-corrected chi connectivity index (χ0v) is 12.5. The van der Waals surface area contributed by atoms with Crippen molar-refractivity contribution in [3.05, 3.63) is 15.6 Å². The average molecular weight is 268 g/mol. The first-order valence-corrected chi connectivity index (χ1v) is 7.74. The third-order valence-corrected chi connectivity index (χ3v) is 4.72. The van der Waals surface area contributed by atoms with E-state index in [1.165, 1.54) is 28.4 Å². The Morgan fingerprint density at radius 3 is 2.89 bits per heavy atom. The van der Waals surface area contributed by atoms with Gasteiger partial charge in [-0.25, -0.2) is 4.98 Å². The third kappa shape index (κ3) is 3.77. The molecule has 0 aromatic carbocycles. The second-order valence-electron chi connectivity index (χ2n) is 5.17. The van der Waals surface area contributed by atoms with Gasteiger partial charge in [0.1, 0.15) is 0 Å². The SMILES string of the molecule is CCNC(Cc1nc(C)c(C)s1)CC1CCOC1. The number of hydrogen-bond acceptors (Lipinski definition) is 4. The number of aromatic nitrogens is 1. The lowest BCUT2D eigenvalue weighted by atomic mass is 9.97. The highest BCUT2D eigenvalue weighted by molar-refractivity contribution is 7.11. The van der Waals surface area contributed by atoms with Crippen LogP contribution in [0.2, 0.25) is 0 Å². The highest BCUT2D eigenvalue weighted by Crippen LogP contribution is 2.22. The lowest BCUT2D eigenvalue weighted by molar-refractivity contribution is 0.181. The van der Waals surface area contributed by atoms with Crippen molar-refractivity contribution in [3.63, 3.8) is 0 Å². The van der Waals surface area contributed by atoms with E-state index in [-0.39, 0.29) is 0 Å². The standard InChI is InChI=1S/C14H24N2OS/c1-4-15-13(7-12-5-6-17-9-12)8-14-16-10(2)11(3)18-14/h12-13,15H,4-9H2,1-3H3. The molecule has 4 heteroatoms. The van der Waals surface area contributed by atoms with E-state index >= 15 is 0 Å². The molecule has 3 nitrogen and oxygen atoms in total. The summed E-state index contributed by atoms with van der Waals surface area (Å²) in [5.41, 5.74) is 1.19. The molecule has 1 aromatic rings. The van der Waals surface area contributed by atoms with Gasteiger partial charge < -0.3 is 10.1 Å². The van der Waals surface area contributed by atoms with E-state index in [0.29, 0.717) is 6.04 Å². The van der Waals surface area contributed by atoms with Crippen LogP contribution >= 0.6 is 11.3 Å². The molecule has 1 fully saturated rings. The lowest BCUT2D eigenvalue weighted by Gasteiger charge is -2.19. The van der Waals surface area contributed by atoms with E-state index in [4.69, 9.17) is 4.74 Å². The van der Waals surface area contributed by atoms with Gasteiger partial charge in [0.05, 0.1) is 10.7 Å². The normalized spacial score (nSPS) is 21.4. The van der Waals surface area contributed by atoms with Crippen LogP contribution < -0.4 is 5.32 Å². The van der Waals surface area contributed by atoms with Gasteiger partial charge in [-0.1, -0.05) is 6.92 Å². The van der Waals surface area contributed by atoms with Crippen LogP contribution in [0.1, 0.15) is 35.3 Å². The van der Waals surface area contributed by atoms with Crippen molar-refractivity contribution in [2.45, 2.75) is 46.1 Å². The van der Waals surface area contributed by atoms with Gasteiger partial charge in [0.2, 0.25) is 0 Å². The Labute approximate surface area is 114 Å². The molecule has 0 saturated carbocycles. The molecule has 1 saturated heterocycles. The van der Waals surface area contributed by atoms with Crippen LogP contribution in [0.4, 0.5) is 0 Å². The first-order chi connectivity index (χ1) is 8.69. The molecular formula is C14H24N2OS. The Balaban J connectivity index is 1.92. The summed E-state index contributed by atoms with van der Waals surface area (Å²) in [5.74, 6) is 0.733. The van der Waals surface area contributed by atoms with E-state index < -0.39 is 0 Å². The Morgan fingerprint density at radius 1 is 1.50 bits per heavy atom. The molecule has 1 aliphatic heterocycles. The molecule has 2 heterocycles. The highest BCUT2D eigenvalue weighted by Gasteiger charge is 2.21. The smallest absolute Gasteiger partial charge is 0.0946 e. The molecule has 0 bridgehead atoms. The lowest BCUT2D eigenvalue weighted by Crippen LogP contribution is -2.33. The minimum absolute atomic E-state index is 0.548. The number of aryl methyl sites for hydroxylation is 2. The van der Waals surface area contributed by atoms with Gasteiger partial charge in [-0.2, -0.15) is 0 Å². The summed E-state index contributed by atoms with van der Waals surface area (Å²) in [4.78, 5) is 6.01. The van der Waals surface area contributed by atoms with Crippen molar-refractivity contribution in [1.29, 1.82) is 0 Å². The second kappa shape index (κ2) is 6.64. The summed E-state index contributed by atoms with van der Waals surface area (Å²) in [7, 11) is 0. The van der Waals surface area contributed by atoms with Gasteiger partial charge >= 0.3 is 0 Å². The van der Waals surface area contributed by atoms with Crippen LogP contribution in [0.15, 0.2) is 0 Å². The predicted molar refractivity (Wildman–Crippen MR) is 76.3 cm³/mol. The Hall–Kier alpha value is -0.450. The van der Waals surface area contributed by atoms with Gasteiger partial charge in [-0.05, 0) is 39.2 Å². The number of likely N-dealkylation sites (N-methyl/N-ethyl adjacent to an activating group) is 1. The van der Waals surface area contributed by atoms with Crippen molar-refractivity contribution in [2.24, 2.45) is 5.92 Å². The number of ether oxygens (including phenoxy) is 1. The summed E-state index contributed by atoms with van der Waals surface area (Å²) in [5, 5.41) is 4.87. The molecule has 2 atom stereocenters. The van der Waals surface area contributed by atoms with E-state index in [1.54, 1.807) is 0 Å². The number of hydrogen-bond donors (Lipinski definition) is 1. The summed E-state index contributed by atoms with van der Waals surface area (Å²) in [6.07, 6.45) is 3.49. The van der Waals surface area contributed by atoms with Gasteiger partial charge in [0, 0.05) is 30.6 Å². The predicted octanol–water partition coefficient (Wildman–Crippen LogP) is 2.71. The van der Waals surface area contributed by atoms with Crippen LogP contribution in [0.25, 0.3) is 0 Å². The zero-order valence-electron chi connectivity index (χ0n) is 11.7. The Bertz CT molecular complexity index is 352. The fourth-order valence-electron chi connectivity index (χ4n) is 2.54. The minimum Gasteiger partial charge on any atom is -0.381 e. The average Bonchev–Trinajstić information content (AvgIpc) is 2.91. The largest absolute Gasteiger partial charge is 0.381 e. The molecule has 1 N–H and O–H groups in total. The minimum atomic E-state index is 0.548. The molecule has 0 radical (unpaired) electrons. The molecule has 0 aliphatic carbocycles. The van der Waals surface area contributed by atoms with E-state index in [0.717, 1.165) is 32.1 Å². The number of nitrogens with one attached hydrogen (secondary N) is 1. The summed E-state index contributed by atoms with van der Waals surface area (Å²) in [6.45, 7) is 9.35. The molecule has 2 rings (SSSR count). The van der Waals surface area contributed by atoms with Gasteiger partial charge in [-0.3, -0.25) is 0 Å². The molecule has 1 aliphatic rings. The fraction of sp³-hybridized carbons (Fsp3) is 0.786. The van der Waals surface area contributed by atoms with Crippen molar-refractivity contribution in [3.8, 4) is 0 Å². The van der Waals surface area contributed by atoms with Crippen LogP contribution in [-0.2, 0) is 11.2 Å². The number of nitrogens with zero attached hydrogens (tertiary/aromatic N) is 1. The molecule has 18 heavy (non-hydrogen) atoms. The monoisotopic (exact) mass is 268 g/mol. The van der Waals surface area contributed by atoms with Crippen LogP contribution in [0.3, 0.4) is 0 Å². The molecule has 1 aromatic heterocycles. The van der Waals surface area contributed by atoms with Crippen LogP contribution in [0, 0.1) is 19.8 Å². The first-order valence-electron chi connectivity index (χ1n) is 6.93. The highest BCUT2D eigenvalue weighted by atomic mass is 32.1. The van der Waals surface area contributed by atoms with Crippen molar-refractivity contribution < 1.29 is 4.74 Å². The maximum absolute atomic E-state index is 5.47. The summed E-state index contributed by atoms with van der Waals surface area (Å²) < 4.78 is 5.47. The summed E-state index contributed by atoms with van der Waals surface area (Å²) >= 11 is 1.84. The molecular weight excluding hydrogens is 244 g/mol. The second-order valence-corrected chi connectivity index (χ2v) is 6.46. The van der Waals surface area contributed by atoms with Gasteiger partial charge in [0.25, 0.3) is 0 Å². The van der Waals surface area contributed by atoms with Crippen molar-refractivity contribution in [2.75, 3.05) is 19.8 Å². The molecule has 0 amide bonds. The van der Waals surface area contributed by atoms with Crippen LogP contribution in [-0.4, -0.2) is 30.8 Å². The Kier molecular flexibility index (Phi) is 5.15. The number of rotatable bonds is 6.